The molecule has 0 atom stereocenters. The number of hydrogen-bond acceptors (Lipinski definition) is 2. The van der Waals surface area contributed by atoms with Crippen molar-refractivity contribution >= 4 is 5.97 Å². The van der Waals surface area contributed by atoms with E-state index in [1.54, 1.807) is 0 Å². The quantitative estimate of drug-likeness (QED) is 0.807. The van der Waals surface area contributed by atoms with Crippen LogP contribution < -0.4 is 0 Å². The van der Waals surface area contributed by atoms with Gasteiger partial charge in [-0.1, -0.05) is 0 Å². The molecular weight excluding hydrogens is 225 g/mol. The van der Waals surface area contributed by atoms with E-state index in [4.69, 9.17) is 5.11 Å². The van der Waals surface area contributed by atoms with Crippen LogP contribution in [0.4, 0.5) is 13.2 Å². The van der Waals surface area contributed by atoms with E-state index in [-0.39, 0.29) is 22.4 Å². The molecule has 4 nitrogen and oxygen atoms in total. The fourth-order valence-electron chi connectivity index (χ4n) is 1.98. The number of fused-ring (bicyclic) bond motifs is 1. The van der Waals surface area contributed by atoms with Crippen LogP contribution in [-0.4, -0.2) is 20.9 Å². The lowest BCUT2D eigenvalue weighted by Crippen LogP contribution is -2.22. The van der Waals surface area contributed by atoms with Crippen LogP contribution in [0.3, 0.4) is 0 Å². The van der Waals surface area contributed by atoms with E-state index < -0.39 is 18.0 Å². The summed E-state index contributed by atoms with van der Waals surface area (Å²) in [5.74, 6) is -1.40. The lowest BCUT2D eigenvalue weighted by molar-refractivity contribution is -0.214. The number of aromatic carboxylic acids is 1. The summed E-state index contributed by atoms with van der Waals surface area (Å²) in [6.45, 7) is 0. The van der Waals surface area contributed by atoms with Crippen molar-refractivity contribution in [3.05, 3.63) is 17.0 Å². The maximum atomic E-state index is 12.6. The van der Waals surface area contributed by atoms with Crippen molar-refractivity contribution in [3.8, 4) is 0 Å². The highest BCUT2D eigenvalue weighted by atomic mass is 19.4. The molecule has 0 aliphatic heterocycles. The first-order valence-corrected chi connectivity index (χ1v) is 4.82. The maximum Gasteiger partial charge on any atom is 0.504 e. The van der Waals surface area contributed by atoms with Crippen molar-refractivity contribution in [3.63, 3.8) is 0 Å². The van der Waals surface area contributed by atoms with Crippen LogP contribution in [-0.2, 0) is 19.1 Å². The van der Waals surface area contributed by atoms with Gasteiger partial charge in [-0.25, -0.2) is 4.79 Å². The molecule has 0 saturated carbocycles. The highest BCUT2D eigenvalue weighted by Gasteiger charge is 2.38. The third kappa shape index (κ3) is 1.66. The van der Waals surface area contributed by atoms with Crippen LogP contribution in [0, 0.1) is 0 Å². The van der Waals surface area contributed by atoms with Gasteiger partial charge in [0.2, 0.25) is 0 Å². The maximum absolute atomic E-state index is 12.6. The normalized spacial score (nSPS) is 15.9. The first kappa shape index (κ1) is 11.0. The van der Waals surface area contributed by atoms with Crippen LogP contribution in [0.1, 0.15) is 34.6 Å². The highest BCUT2D eigenvalue weighted by molar-refractivity contribution is 5.87. The Morgan fingerprint density at radius 3 is 2.50 bits per heavy atom. The predicted octanol–water partition coefficient (Wildman–Crippen LogP) is 1.94. The van der Waals surface area contributed by atoms with Crippen molar-refractivity contribution in [1.29, 1.82) is 0 Å². The number of halogens is 3. The molecule has 1 aliphatic carbocycles. The van der Waals surface area contributed by atoms with Crippen molar-refractivity contribution in [2.45, 2.75) is 32.0 Å². The van der Waals surface area contributed by atoms with E-state index in [0.717, 1.165) is 0 Å². The molecule has 1 aromatic heterocycles. The van der Waals surface area contributed by atoms with Crippen LogP contribution in [0.25, 0.3) is 0 Å². The third-order valence-electron chi connectivity index (χ3n) is 2.62. The number of carboxylic acids is 1. The van der Waals surface area contributed by atoms with E-state index >= 15 is 0 Å². The zero-order chi connectivity index (χ0) is 11.9. The zero-order valence-corrected chi connectivity index (χ0v) is 8.21. The molecule has 7 heteroatoms. The lowest BCUT2D eigenvalue weighted by atomic mass is 9.96. The summed E-state index contributed by atoms with van der Waals surface area (Å²) < 4.78 is 37.6. The van der Waals surface area contributed by atoms with E-state index in [1.807, 2.05) is 0 Å². The molecule has 1 aromatic rings. The molecule has 16 heavy (non-hydrogen) atoms. The average Bonchev–Trinajstić information content (AvgIpc) is 2.56. The summed E-state index contributed by atoms with van der Waals surface area (Å²) in [5, 5.41) is 11.9. The molecule has 0 amide bonds. The summed E-state index contributed by atoms with van der Waals surface area (Å²) in [7, 11) is 0. The Morgan fingerprint density at radius 2 is 1.94 bits per heavy atom. The van der Waals surface area contributed by atoms with E-state index in [2.05, 4.69) is 5.10 Å². The van der Waals surface area contributed by atoms with Crippen molar-refractivity contribution in [2.75, 3.05) is 0 Å². The van der Waals surface area contributed by atoms with E-state index in [9.17, 15) is 18.0 Å². The number of carbonyl (C=O) groups is 1. The molecule has 0 saturated heterocycles. The summed E-state index contributed by atoms with van der Waals surface area (Å²) >= 11 is 0. The molecule has 88 valence electrons. The molecule has 0 spiro atoms. The van der Waals surface area contributed by atoms with Gasteiger partial charge < -0.3 is 5.11 Å². The molecule has 1 N–H and O–H groups in total. The average molecular weight is 234 g/mol. The fourth-order valence-corrected chi connectivity index (χ4v) is 1.98. The minimum Gasteiger partial charge on any atom is -0.476 e. The second kappa shape index (κ2) is 3.50. The van der Waals surface area contributed by atoms with Gasteiger partial charge in [-0.05, 0) is 25.7 Å². The molecule has 0 unspecified atom stereocenters. The summed E-state index contributed by atoms with van der Waals surface area (Å²) in [6, 6.07) is 0. The smallest absolute Gasteiger partial charge is 0.476 e. The summed E-state index contributed by atoms with van der Waals surface area (Å²) in [5.41, 5.74) is -0.237. The fraction of sp³-hybridized carbons (Fsp3) is 0.556. The number of hydrogen-bond donors (Lipinski definition) is 1. The SMILES string of the molecule is O=C(O)c1nn(C(F)(F)F)c2c1CCCC2. The lowest BCUT2D eigenvalue weighted by Gasteiger charge is -2.15. The predicted molar refractivity (Wildman–Crippen MR) is 47.1 cm³/mol. The Labute approximate surface area is 88.7 Å². The number of nitrogens with zero attached hydrogens (tertiary/aromatic N) is 2. The van der Waals surface area contributed by atoms with Gasteiger partial charge in [0.05, 0.1) is 5.69 Å². The van der Waals surface area contributed by atoms with Crippen LogP contribution >= 0.6 is 0 Å². The molecule has 2 rings (SSSR count). The molecule has 0 radical (unpaired) electrons. The van der Waals surface area contributed by atoms with E-state index in [0.29, 0.717) is 19.3 Å². The van der Waals surface area contributed by atoms with Gasteiger partial charge in [-0.2, -0.15) is 9.78 Å². The van der Waals surface area contributed by atoms with Gasteiger partial charge in [0, 0.05) is 5.56 Å². The van der Waals surface area contributed by atoms with Gasteiger partial charge in [0.25, 0.3) is 0 Å². The van der Waals surface area contributed by atoms with Crippen molar-refractivity contribution < 1.29 is 23.1 Å². The molecule has 1 aliphatic rings. The number of carboxylic acid groups (broad SMARTS) is 1. The molecule has 0 bridgehead atoms. The highest BCUT2D eigenvalue weighted by Crippen LogP contribution is 2.31. The summed E-state index contributed by atoms with van der Waals surface area (Å²) in [6.07, 6.45) is -2.72. The minimum atomic E-state index is -4.64. The number of rotatable bonds is 1. The topological polar surface area (TPSA) is 55.1 Å². The van der Waals surface area contributed by atoms with Gasteiger partial charge in [0.15, 0.2) is 5.69 Å². The van der Waals surface area contributed by atoms with Crippen molar-refractivity contribution in [1.82, 2.24) is 9.78 Å². The Morgan fingerprint density at radius 1 is 1.31 bits per heavy atom. The molecule has 0 aromatic carbocycles. The molecular formula is C9H9F3N2O2. The zero-order valence-electron chi connectivity index (χ0n) is 8.21. The standard InChI is InChI=1S/C9H9F3N2O2/c10-9(11,12)14-6-4-2-1-3-5(6)7(13-14)8(15)16/h1-4H2,(H,15,16). The second-order valence-corrected chi connectivity index (χ2v) is 3.67. The van der Waals surface area contributed by atoms with Crippen molar-refractivity contribution in [2.24, 2.45) is 0 Å². The van der Waals surface area contributed by atoms with Gasteiger partial charge >= 0.3 is 12.3 Å². The van der Waals surface area contributed by atoms with E-state index in [1.165, 1.54) is 0 Å². The number of alkyl halides is 3. The minimum absolute atomic E-state index is 0.00356. The van der Waals surface area contributed by atoms with Gasteiger partial charge in [0.1, 0.15) is 0 Å². The Bertz CT molecular complexity index is 437. The first-order valence-electron chi connectivity index (χ1n) is 4.82. The monoisotopic (exact) mass is 234 g/mol. The second-order valence-electron chi connectivity index (χ2n) is 3.67. The van der Waals surface area contributed by atoms with Crippen LogP contribution in [0.5, 0.6) is 0 Å². The van der Waals surface area contributed by atoms with Gasteiger partial charge in [-0.15, -0.1) is 13.2 Å². The Kier molecular flexibility index (Phi) is 2.40. The molecule has 0 fully saturated rings. The van der Waals surface area contributed by atoms with Crippen LogP contribution in [0.15, 0.2) is 0 Å². The number of aromatic nitrogens is 2. The largest absolute Gasteiger partial charge is 0.504 e. The Hall–Kier alpha value is -1.53. The van der Waals surface area contributed by atoms with Crippen LogP contribution in [0.2, 0.25) is 0 Å². The summed E-state index contributed by atoms with van der Waals surface area (Å²) in [4.78, 5) is 10.8. The first-order chi connectivity index (χ1) is 7.41. The van der Waals surface area contributed by atoms with Gasteiger partial charge in [-0.3, -0.25) is 0 Å². The molecule has 1 heterocycles. The Balaban J connectivity index is 2.59. The third-order valence-corrected chi connectivity index (χ3v) is 2.62.